The van der Waals surface area contributed by atoms with Gasteiger partial charge in [0.05, 0.1) is 11.4 Å². The largest absolute Gasteiger partial charge is 0.456 e. The van der Waals surface area contributed by atoms with Gasteiger partial charge in [-0.25, -0.2) is 0 Å². The molecule has 67 heavy (non-hydrogen) atoms. The van der Waals surface area contributed by atoms with Crippen LogP contribution in [0, 0.1) is 0 Å². The molecule has 338 valence electrons. The van der Waals surface area contributed by atoms with Crippen molar-refractivity contribution in [3.8, 4) is 0 Å². The molecule has 0 fully saturated rings. The van der Waals surface area contributed by atoms with Crippen LogP contribution in [0.4, 0.5) is 11.4 Å². The number of benzene rings is 8. The Morgan fingerprint density at radius 3 is 1.07 bits per heavy atom. The van der Waals surface area contributed by atoms with Crippen LogP contribution in [0.2, 0.25) is 0 Å². The number of carbonyl (C=O) groups excluding carboxylic acids is 2. The number of furan rings is 4. The maximum absolute atomic E-state index is 11.2. The summed E-state index contributed by atoms with van der Waals surface area (Å²) in [7, 11) is 0. The Morgan fingerprint density at radius 2 is 0.672 bits per heavy atom. The predicted molar refractivity (Wildman–Crippen MR) is 283 cm³/mol. The zero-order valence-electron chi connectivity index (χ0n) is 38.5. The fourth-order valence-electron chi connectivity index (χ4n) is 7.46. The molecule has 4 aromatic heterocycles. The number of para-hydroxylation sites is 7. The molecule has 8 aromatic carbocycles. The number of halogens is 1. The van der Waals surface area contributed by atoms with Gasteiger partial charge in [0.1, 0.15) is 33.5 Å². The normalized spacial score (nSPS) is 10.6. The maximum atomic E-state index is 11.2. The molecular formula is C58H53BrN2O6. The van der Waals surface area contributed by atoms with Crippen molar-refractivity contribution in [2.24, 2.45) is 0 Å². The van der Waals surface area contributed by atoms with E-state index < -0.39 is 0 Å². The molecule has 8 nitrogen and oxygen atoms in total. The van der Waals surface area contributed by atoms with Crippen LogP contribution in [0.3, 0.4) is 0 Å². The number of fused-ring (bicyclic) bond motifs is 12. The zero-order valence-corrected chi connectivity index (χ0v) is 40.1. The minimum atomic E-state index is -0.112. The summed E-state index contributed by atoms with van der Waals surface area (Å²) in [5.74, 6) is -0.211. The van der Waals surface area contributed by atoms with E-state index in [1.807, 2.05) is 152 Å². The van der Waals surface area contributed by atoms with Gasteiger partial charge < -0.3 is 28.3 Å². The molecule has 4 heterocycles. The van der Waals surface area contributed by atoms with Gasteiger partial charge in [-0.1, -0.05) is 178 Å². The Hall–Kier alpha value is -7.62. The summed E-state index contributed by atoms with van der Waals surface area (Å²) in [6.45, 7) is 11.5. The first kappa shape index (κ1) is 47.3. The summed E-state index contributed by atoms with van der Waals surface area (Å²) in [5, 5.41) is 14.4. The topological polar surface area (TPSA) is 111 Å². The molecule has 9 heteroatoms. The van der Waals surface area contributed by atoms with Gasteiger partial charge in [-0.05, 0) is 54.6 Å². The number of amides is 2. The Kier molecular flexibility index (Phi) is 15.9. The predicted octanol–water partition coefficient (Wildman–Crippen LogP) is 17.9. The fourth-order valence-corrected chi connectivity index (χ4v) is 7.99. The number of nitrogens with one attached hydrogen (secondary N) is 2. The number of rotatable bonds is 2. The van der Waals surface area contributed by atoms with Crippen molar-refractivity contribution < 1.29 is 27.3 Å². The number of hydrogen-bond acceptors (Lipinski definition) is 6. The quantitative estimate of drug-likeness (QED) is 0.179. The average Bonchev–Trinajstić information content (AvgIpc) is 4.12. The zero-order chi connectivity index (χ0) is 47.3. The smallest absolute Gasteiger partial charge is 0.221 e. The van der Waals surface area contributed by atoms with Gasteiger partial charge in [0.25, 0.3) is 0 Å². The molecule has 0 atom stereocenters. The average molecular weight is 954 g/mol. The first-order valence-corrected chi connectivity index (χ1v) is 23.2. The van der Waals surface area contributed by atoms with Gasteiger partial charge >= 0.3 is 0 Å². The van der Waals surface area contributed by atoms with E-state index in [2.05, 4.69) is 78.5 Å². The Balaban J connectivity index is 0.000000128. The van der Waals surface area contributed by atoms with E-state index in [-0.39, 0.29) is 11.8 Å². The minimum Gasteiger partial charge on any atom is -0.456 e. The first-order chi connectivity index (χ1) is 32.6. The third-order valence-electron chi connectivity index (χ3n) is 10.1. The molecule has 0 saturated heterocycles. The van der Waals surface area contributed by atoms with Crippen molar-refractivity contribution in [3.63, 3.8) is 0 Å². The van der Waals surface area contributed by atoms with Crippen LogP contribution in [0.25, 0.3) is 87.8 Å². The Labute approximate surface area is 397 Å². The molecule has 0 bridgehead atoms. The molecular weight excluding hydrogens is 901 g/mol. The van der Waals surface area contributed by atoms with Gasteiger partial charge in [-0.2, -0.15) is 0 Å². The molecule has 0 spiro atoms. The van der Waals surface area contributed by atoms with E-state index in [4.69, 9.17) is 17.7 Å². The summed E-state index contributed by atoms with van der Waals surface area (Å²) in [6, 6.07) is 57.6. The Bertz CT molecular complexity index is 3370. The third kappa shape index (κ3) is 11.1. The second-order valence-corrected chi connectivity index (χ2v) is 16.5. The molecule has 0 saturated carbocycles. The van der Waals surface area contributed by atoms with Crippen molar-refractivity contribution in [1.82, 2.24) is 0 Å². The molecule has 0 aliphatic heterocycles. The summed E-state index contributed by atoms with van der Waals surface area (Å²) >= 11 is 3.52. The van der Waals surface area contributed by atoms with E-state index in [9.17, 15) is 9.59 Å². The third-order valence-corrected chi connectivity index (χ3v) is 10.7. The summed E-state index contributed by atoms with van der Waals surface area (Å²) in [6.07, 6.45) is 2.50. The van der Waals surface area contributed by atoms with Crippen molar-refractivity contribution in [1.29, 1.82) is 0 Å². The van der Waals surface area contributed by atoms with E-state index in [1.54, 1.807) is 0 Å². The summed E-state index contributed by atoms with van der Waals surface area (Å²) in [5.41, 5.74) is 8.32. The highest BCUT2D eigenvalue weighted by atomic mass is 79.9. The van der Waals surface area contributed by atoms with E-state index in [0.717, 1.165) is 65.1 Å². The second-order valence-electron chi connectivity index (χ2n) is 15.6. The van der Waals surface area contributed by atoms with Crippen LogP contribution in [-0.4, -0.2) is 11.8 Å². The van der Waals surface area contributed by atoms with Crippen LogP contribution in [0.1, 0.15) is 54.4 Å². The lowest BCUT2D eigenvalue weighted by Crippen LogP contribution is -2.05. The molecule has 0 unspecified atom stereocenters. The lowest BCUT2D eigenvalue weighted by molar-refractivity contribution is -0.115. The number of hydrogen-bond donors (Lipinski definition) is 2. The van der Waals surface area contributed by atoms with E-state index in [0.29, 0.717) is 17.0 Å². The van der Waals surface area contributed by atoms with E-state index >= 15 is 0 Å². The molecule has 12 aromatic rings. The van der Waals surface area contributed by atoms with Crippen LogP contribution < -0.4 is 10.6 Å². The van der Waals surface area contributed by atoms with Gasteiger partial charge in [0.2, 0.25) is 11.8 Å². The van der Waals surface area contributed by atoms with Crippen LogP contribution >= 0.6 is 15.9 Å². The monoisotopic (exact) mass is 952 g/mol. The molecule has 2 N–H and O–H groups in total. The lowest BCUT2D eigenvalue weighted by Gasteiger charge is -2.03. The number of anilines is 2. The standard InChI is InChI=1S/C14H10BrNO2.C14H11NO2.2C12H8O.2C3H8/c1-8(17)16-11-7-6-10(15)13-9-4-2-3-5-12(9)18-14(11)13;1-9(16)15-12-7-4-6-11-10-5-2-3-8-13(10)17-14(11)12;2*1-3-7-11-9(5-1)10-6-2-4-8-12(10)13-11;2*1-3-2/h2-7H,1H3,(H,16,17);2-8H,1H3,(H,15,16);2*1-8H;2*3H2,1-2H3. The van der Waals surface area contributed by atoms with Crippen LogP contribution in [0.15, 0.2) is 198 Å². The van der Waals surface area contributed by atoms with Crippen LogP contribution in [0.5, 0.6) is 0 Å². The molecule has 2 amide bonds. The minimum absolute atomic E-state index is 0.0991. The van der Waals surface area contributed by atoms with E-state index in [1.165, 1.54) is 48.2 Å². The SMILES string of the molecule is CC(=O)Nc1ccc(Br)c2c1oc1ccccc12.CC(=O)Nc1cccc2c1oc1ccccc12.CCC.CCC.c1ccc2c(c1)oc1ccccc12.c1ccc2c(c1)oc1ccccc12. The van der Waals surface area contributed by atoms with Gasteiger partial charge in [-0.3, -0.25) is 9.59 Å². The molecule has 12 rings (SSSR count). The second kappa shape index (κ2) is 22.5. The van der Waals surface area contributed by atoms with Crippen molar-refractivity contribution in [2.45, 2.75) is 54.4 Å². The summed E-state index contributed by atoms with van der Waals surface area (Å²) < 4.78 is 23.9. The van der Waals surface area contributed by atoms with Crippen molar-refractivity contribution in [3.05, 3.63) is 180 Å². The highest BCUT2D eigenvalue weighted by Gasteiger charge is 2.14. The van der Waals surface area contributed by atoms with Gasteiger partial charge in [0, 0.05) is 61.4 Å². The fraction of sp³-hybridized carbons (Fsp3) is 0.138. The highest BCUT2D eigenvalue weighted by Crippen LogP contribution is 2.38. The van der Waals surface area contributed by atoms with Crippen LogP contribution in [-0.2, 0) is 9.59 Å². The van der Waals surface area contributed by atoms with Crippen molar-refractivity contribution >= 4 is 127 Å². The molecule has 0 aliphatic rings. The molecule has 0 radical (unpaired) electrons. The Morgan fingerprint density at radius 1 is 0.373 bits per heavy atom. The molecule has 0 aliphatic carbocycles. The number of carbonyl (C=O) groups is 2. The van der Waals surface area contributed by atoms with Crippen molar-refractivity contribution in [2.75, 3.05) is 10.6 Å². The highest BCUT2D eigenvalue weighted by molar-refractivity contribution is 9.10. The summed E-state index contributed by atoms with van der Waals surface area (Å²) in [4.78, 5) is 22.3. The van der Waals surface area contributed by atoms with Gasteiger partial charge in [-0.15, -0.1) is 0 Å². The first-order valence-electron chi connectivity index (χ1n) is 22.4. The maximum Gasteiger partial charge on any atom is 0.221 e. The lowest BCUT2D eigenvalue weighted by atomic mass is 10.1. The van der Waals surface area contributed by atoms with Gasteiger partial charge in [0.15, 0.2) is 11.2 Å².